The van der Waals surface area contributed by atoms with Gasteiger partial charge >= 0.3 is 5.97 Å². The number of carboxylic acid groups (broad SMARTS) is 1. The molecule has 9 N–H and O–H groups in total. The lowest BCUT2D eigenvalue weighted by atomic mass is 10.1. The van der Waals surface area contributed by atoms with Crippen molar-refractivity contribution in [2.45, 2.75) is 54.9 Å². The molecular weight excluding hydrogens is 458 g/mol. The van der Waals surface area contributed by atoms with Gasteiger partial charge in [0.2, 0.25) is 11.9 Å². The molecule has 1 amide bonds. The molecule has 5 atom stereocenters. The van der Waals surface area contributed by atoms with Gasteiger partial charge in [-0.25, -0.2) is 4.98 Å². The number of carbonyl (C=O) groups is 2. The lowest BCUT2D eigenvalue weighted by Gasteiger charge is -2.26. The van der Waals surface area contributed by atoms with E-state index in [1.807, 2.05) is 0 Å². The standard InChI is InChI=1S/C18H29N7O7S/c19-8(5-10(27)28)15(31)20-3-1-2-4-21-18-23-14-11(16(33)24-18)22-7-25(14)17-13(30)12(29)9(6-26)32-17/h8-9,12-13,17,22,26,29-30H,1-7,19H2,(H,20,31)(H,27,28)(H2,21,23,24,33)/t8?,9-,12+,13?,17?/m1/s1. The van der Waals surface area contributed by atoms with E-state index in [9.17, 15) is 24.9 Å². The number of carbonyl (C=O) groups excluding carboxylic acids is 1. The number of ether oxygens (including phenoxy) is 1. The first-order valence-electron chi connectivity index (χ1n) is 10.5. The van der Waals surface area contributed by atoms with Crippen LogP contribution in [0.2, 0.25) is 0 Å². The molecule has 2 aliphatic rings. The molecule has 3 heterocycles. The number of unbranched alkanes of at least 4 members (excludes halogenated alkanes) is 1. The van der Waals surface area contributed by atoms with Gasteiger partial charge in [-0.3, -0.25) is 9.59 Å². The molecule has 1 aromatic heterocycles. The van der Waals surface area contributed by atoms with E-state index < -0.39 is 55.5 Å². The second-order valence-corrected chi connectivity index (χ2v) is 8.16. The smallest absolute Gasteiger partial charge is 0.305 e. The molecule has 14 nitrogen and oxygen atoms in total. The number of aliphatic hydroxyl groups is 3. The summed E-state index contributed by atoms with van der Waals surface area (Å²) in [5, 5.41) is 47.5. The van der Waals surface area contributed by atoms with Gasteiger partial charge in [-0.15, -0.1) is 12.6 Å². The Kier molecular flexibility index (Phi) is 8.50. The van der Waals surface area contributed by atoms with Crippen molar-refractivity contribution in [2.24, 2.45) is 5.73 Å². The zero-order valence-electron chi connectivity index (χ0n) is 17.7. The van der Waals surface area contributed by atoms with Crippen LogP contribution in [0.1, 0.15) is 19.3 Å². The van der Waals surface area contributed by atoms with Crippen LogP contribution in [0.5, 0.6) is 0 Å². The van der Waals surface area contributed by atoms with Gasteiger partial charge in [0.25, 0.3) is 0 Å². The van der Waals surface area contributed by atoms with Gasteiger partial charge in [0.1, 0.15) is 29.0 Å². The lowest BCUT2D eigenvalue weighted by Crippen LogP contribution is -2.44. The minimum atomic E-state index is -1.23. The second-order valence-electron chi connectivity index (χ2n) is 7.73. The molecule has 0 radical (unpaired) electrons. The quantitative estimate of drug-likeness (QED) is 0.0897. The van der Waals surface area contributed by atoms with E-state index in [4.69, 9.17) is 15.6 Å². The number of hydrogen-bond acceptors (Lipinski definition) is 13. The molecule has 1 fully saturated rings. The number of aromatic nitrogens is 2. The van der Waals surface area contributed by atoms with Crippen molar-refractivity contribution in [3.05, 3.63) is 0 Å². The summed E-state index contributed by atoms with van der Waals surface area (Å²) in [6.45, 7) is 0.657. The van der Waals surface area contributed by atoms with Crippen LogP contribution in [0, 0.1) is 0 Å². The minimum absolute atomic E-state index is 0.247. The molecule has 0 bridgehead atoms. The fourth-order valence-electron chi connectivity index (χ4n) is 3.54. The Bertz CT molecular complexity index is 864. The van der Waals surface area contributed by atoms with Crippen molar-refractivity contribution in [3.8, 4) is 0 Å². The number of amides is 1. The summed E-state index contributed by atoms with van der Waals surface area (Å²) in [6.07, 6.45) is -3.41. The molecule has 3 rings (SSSR count). The third kappa shape index (κ3) is 5.93. The van der Waals surface area contributed by atoms with Crippen molar-refractivity contribution in [3.63, 3.8) is 0 Å². The molecule has 1 saturated heterocycles. The molecule has 1 aromatic rings. The number of rotatable bonds is 11. The summed E-state index contributed by atoms with van der Waals surface area (Å²) in [7, 11) is 0. The van der Waals surface area contributed by atoms with E-state index in [2.05, 4.69) is 38.5 Å². The van der Waals surface area contributed by atoms with E-state index >= 15 is 0 Å². The monoisotopic (exact) mass is 487 g/mol. The Labute approximate surface area is 194 Å². The van der Waals surface area contributed by atoms with Gasteiger partial charge in [0.05, 0.1) is 25.7 Å². The molecule has 0 aliphatic carbocycles. The van der Waals surface area contributed by atoms with Gasteiger partial charge < -0.3 is 51.7 Å². The topological polar surface area (TPSA) is 215 Å². The van der Waals surface area contributed by atoms with Crippen molar-refractivity contribution >= 4 is 42.0 Å². The lowest BCUT2D eigenvalue weighted by molar-refractivity contribution is -0.139. The van der Waals surface area contributed by atoms with E-state index in [1.54, 1.807) is 4.90 Å². The van der Waals surface area contributed by atoms with Crippen LogP contribution in [-0.2, 0) is 14.3 Å². The molecule has 0 spiro atoms. The zero-order chi connectivity index (χ0) is 24.1. The van der Waals surface area contributed by atoms with Crippen molar-refractivity contribution in [1.82, 2.24) is 15.3 Å². The van der Waals surface area contributed by atoms with Crippen molar-refractivity contribution < 1.29 is 34.8 Å². The maximum Gasteiger partial charge on any atom is 0.305 e. The molecule has 184 valence electrons. The average Bonchev–Trinajstić information content (AvgIpc) is 3.31. The number of carboxylic acids is 1. The Morgan fingerprint density at radius 3 is 2.67 bits per heavy atom. The van der Waals surface area contributed by atoms with E-state index in [-0.39, 0.29) is 6.67 Å². The number of nitrogens with one attached hydrogen (secondary N) is 3. The van der Waals surface area contributed by atoms with Crippen LogP contribution in [-0.4, -0.2) is 99.2 Å². The van der Waals surface area contributed by atoms with Crippen LogP contribution in [0.15, 0.2) is 5.03 Å². The predicted molar refractivity (Wildman–Crippen MR) is 119 cm³/mol. The molecule has 3 unspecified atom stereocenters. The fourth-order valence-corrected chi connectivity index (χ4v) is 3.82. The summed E-state index contributed by atoms with van der Waals surface area (Å²) < 4.78 is 5.59. The number of fused-ring (bicyclic) bond motifs is 1. The summed E-state index contributed by atoms with van der Waals surface area (Å²) in [4.78, 5) is 32.6. The molecular formula is C18H29N7O7S. The molecule has 0 aromatic carbocycles. The first-order valence-corrected chi connectivity index (χ1v) is 10.9. The highest BCUT2D eigenvalue weighted by Gasteiger charge is 2.47. The maximum absolute atomic E-state index is 11.7. The minimum Gasteiger partial charge on any atom is -0.481 e. The Morgan fingerprint density at radius 1 is 1.27 bits per heavy atom. The van der Waals surface area contributed by atoms with Crippen LogP contribution in [0.25, 0.3) is 0 Å². The van der Waals surface area contributed by atoms with Gasteiger partial charge in [0, 0.05) is 13.1 Å². The van der Waals surface area contributed by atoms with Gasteiger partial charge in [-0.05, 0) is 12.8 Å². The molecule has 15 heteroatoms. The number of hydrogen-bond donors (Lipinski definition) is 9. The van der Waals surface area contributed by atoms with Crippen LogP contribution in [0.3, 0.4) is 0 Å². The van der Waals surface area contributed by atoms with E-state index in [0.717, 1.165) is 0 Å². The maximum atomic E-state index is 11.7. The van der Waals surface area contributed by atoms with Crippen LogP contribution in [0.4, 0.5) is 17.5 Å². The predicted octanol–water partition coefficient (Wildman–Crippen LogP) is -2.50. The number of aliphatic hydroxyl groups excluding tert-OH is 3. The number of nitrogens with zero attached hydrogens (tertiary/aromatic N) is 3. The summed E-state index contributed by atoms with van der Waals surface area (Å²) in [6, 6.07) is -1.08. The summed E-state index contributed by atoms with van der Waals surface area (Å²) >= 11 is 4.39. The highest BCUT2D eigenvalue weighted by Crippen LogP contribution is 2.38. The van der Waals surface area contributed by atoms with E-state index in [1.165, 1.54) is 0 Å². The number of thiol groups is 1. The van der Waals surface area contributed by atoms with Crippen LogP contribution < -0.4 is 26.6 Å². The molecule has 2 aliphatic heterocycles. The van der Waals surface area contributed by atoms with Gasteiger partial charge in [-0.2, -0.15) is 4.98 Å². The highest BCUT2D eigenvalue weighted by atomic mass is 32.1. The zero-order valence-corrected chi connectivity index (χ0v) is 18.6. The third-order valence-corrected chi connectivity index (χ3v) is 5.63. The van der Waals surface area contributed by atoms with Crippen molar-refractivity contribution in [1.29, 1.82) is 0 Å². The highest BCUT2D eigenvalue weighted by molar-refractivity contribution is 7.80. The number of anilines is 3. The first kappa shape index (κ1) is 25.2. The Hall–Kier alpha value is -2.43. The third-order valence-electron chi connectivity index (χ3n) is 5.31. The molecule has 33 heavy (non-hydrogen) atoms. The SMILES string of the molecule is NC(CC(=O)O)C(=O)NCCCCNc1nc(S)c2c(n1)N(C1O[C@H](CO)[C@H](O)C1O)CN2. The van der Waals surface area contributed by atoms with E-state index in [0.29, 0.717) is 48.4 Å². The van der Waals surface area contributed by atoms with Gasteiger partial charge in [0.15, 0.2) is 12.0 Å². The summed E-state index contributed by atoms with van der Waals surface area (Å²) in [5.41, 5.74) is 6.05. The van der Waals surface area contributed by atoms with Crippen molar-refractivity contribution in [2.75, 3.05) is 41.9 Å². The number of aliphatic carboxylic acids is 1. The molecule has 0 saturated carbocycles. The fraction of sp³-hybridized carbons (Fsp3) is 0.667. The first-order chi connectivity index (χ1) is 15.7. The van der Waals surface area contributed by atoms with Gasteiger partial charge in [-0.1, -0.05) is 0 Å². The summed E-state index contributed by atoms with van der Waals surface area (Å²) in [5.74, 6) is -0.907. The normalized spacial score (nSPS) is 24.8. The average molecular weight is 488 g/mol. The Morgan fingerprint density at radius 2 is 2.00 bits per heavy atom. The largest absolute Gasteiger partial charge is 0.481 e. The number of nitrogens with two attached hydrogens (primary N) is 1. The second kappa shape index (κ2) is 11.1. The Balaban J connectivity index is 1.50. The van der Waals surface area contributed by atoms with Crippen LogP contribution >= 0.6 is 12.6 Å².